The second kappa shape index (κ2) is 7.71. The summed E-state index contributed by atoms with van der Waals surface area (Å²) in [5.41, 5.74) is 7.03. The molecule has 0 aliphatic rings. The summed E-state index contributed by atoms with van der Waals surface area (Å²) in [6.45, 7) is 0. The first-order valence-corrected chi connectivity index (χ1v) is 8.04. The lowest BCUT2D eigenvalue weighted by molar-refractivity contribution is 0.100. The predicted molar refractivity (Wildman–Crippen MR) is 102 cm³/mol. The molecule has 1 amide bonds. The molecule has 0 bridgehead atoms. The number of aromatic nitrogens is 2. The molecule has 0 atom stereocenters. The van der Waals surface area contributed by atoms with Crippen molar-refractivity contribution in [2.45, 2.75) is 0 Å². The summed E-state index contributed by atoms with van der Waals surface area (Å²) in [5.74, 6) is 0.901. The molecule has 4 N–H and O–H groups in total. The molecule has 8 heteroatoms. The van der Waals surface area contributed by atoms with Crippen molar-refractivity contribution >= 4 is 40.6 Å². The van der Waals surface area contributed by atoms with Crippen LogP contribution in [-0.2, 0) is 0 Å². The fourth-order valence-corrected chi connectivity index (χ4v) is 2.39. The quantitative estimate of drug-likeness (QED) is 0.612. The fourth-order valence-electron chi connectivity index (χ4n) is 2.25. The smallest absolute Gasteiger partial charge is 0.250 e. The summed E-state index contributed by atoms with van der Waals surface area (Å²) >= 11 is 6.17. The first-order chi connectivity index (χ1) is 12.6. The third-order valence-electron chi connectivity index (χ3n) is 3.54. The van der Waals surface area contributed by atoms with Gasteiger partial charge in [-0.1, -0.05) is 23.7 Å². The summed E-state index contributed by atoms with van der Waals surface area (Å²) in [6.07, 6.45) is 1.47. The Morgan fingerprint density at radius 3 is 2.54 bits per heavy atom. The lowest BCUT2D eigenvalue weighted by Gasteiger charge is -2.12. The molecule has 1 heterocycles. The van der Waals surface area contributed by atoms with Crippen LogP contribution in [0.25, 0.3) is 0 Å². The number of nitrogens with zero attached hydrogens (tertiary/aromatic N) is 2. The highest BCUT2D eigenvalue weighted by atomic mass is 35.5. The van der Waals surface area contributed by atoms with Gasteiger partial charge in [0, 0.05) is 5.69 Å². The van der Waals surface area contributed by atoms with E-state index in [0.29, 0.717) is 28.0 Å². The molecule has 3 aromatic rings. The minimum atomic E-state index is -0.546. The van der Waals surface area contributed by atoms with Crippen LogP contribution in [0.2, 0.25) is 5.02 Å². The number of nitrogens with one attached hydrogen (secondary N) is 2. The minimum absolute atomic E-state index is 0.310. The van der Waals surface area contributed by atoms with Gasteiger partial charge in [0.25, 0.3) is 5.91 Å². The molecule has 2 aromatic carbocycles. The Morgan fingerprint density at radius 1 is 1.12 bits per heavy atom. The summed E-state index contributed by atoms with van der Waals surface area (Å²) < 4.78 is 5.13. The average molecular weight is 370 g/mol. The number of methoxy groups -OCH3 is 1. The first kappa shape index (κ1) is 17.5. The van der Waals surface area contributed by atoms with E-state index < -0.39 is 5.91 Å². The Morgan fingerprint density at radius 2 is 1.85 bits per heavy atom. The van der Waals surface area contributed by atoms with E-state index in [1.165, 1.54) is 6.20 Å². The van der Waals surface area contributed by atoms with Gasteiger partial charge in [0.05, 0.1) is 24.6 Å². The monoisotopic (exact) mass is 369 g/mol. The van der Waals surface area contributed by atoms with Crippen molar-refractivity contribution in [1.29, 1.82) is 0 Å². The molecule has 0 radical (unpaired) electrons. The van der Waals surface area contributed by atoms with Crippen LogP contribution >= 0.6 is 11.6 Å². The SMILES string of the molecule is COc1ccc(Nc2ncc(Cl)c(Nc3ccccc3C(N)=O)n2)cc1. The maximum atomic E-state index is 11.6. The molecule has 0 saturated heterocycles. The number of primary amides is 1. The van der Waals surface area contributed by atoms with Crippen molar-refractivity contribution in [2.24, 2.45) is 5.73 Å². The summed E-state index contributed by atoms with van der Waals surface area (Å²) in [5, 5.41) is 6.41. The van der Waals surface area contributed by atoms with Gasteiger partial charge < -0.3 is 21.1 Å². The second-order valence-electron chi connectivity index (χ2n) is 5.28. The maximum Gasteiger partial charge on any atom is 0.250 e. The highest BCUT2D eigenvalue weighted by Gasteiger charge is 2.11. The Balaban J connectivity index is 1.85. The molecular formula is C18H16ClN5O2. The number of carbonyl (C=O) groups excluding carboxylic acids is 1. The molecule has 0 spiro atoms. The molecule has 1 aromatic heterocycles. The number of para-hydroxylation sites is 1. The summed E-state index contributed by atoms with van der Waals surface area (Å²) in [4.78, 5) is 20.1. The molecule has 0 fully saturated rings. The van der Waals surface area contributed by atoms with Gasteiger partial charge in [-0.2, -0.15) is 4.98 Å². The topological polar surface area (TPSA) is 102 Å². The van der Waals surface area contributed by atoms with E-state index in [0.717, 1.165) is 11.4 Å². The average Bonchev–Trinajstić information content (AvgIpc) is 2.65. The van der Waals surface area contributed by atoms with E-state index >= 15 is 0 Å². The van der Waals surface area contributed by atoms with E-state index in [4.69, 9.17) is 22.1 Å². The van der Waals surface area contributed by atoms with Crippen molar-refractivity contribution < 1.29 is 9.53 Å². The van der Waals surface area contributed by atoms with E-state index in [-0.39, 0.29) is 0 Å². The molecule has 132 valence electrons. The third kappa shape index (κ3) is 4.01. The van der Waals surface area contributed by atoms with Crippen LogP contribution in [0.4, 0.5) is 23.1 Å². The van der Waals surface area contributed by atoms with Crippen molar-refractivity contribution in [2.75, 3.05) is 17.7 Å². The predicted octanol–water partition coefficient (Wildman–Crippen LogP) is 3.72. The van der Waals surface area contributed by atoms with Gasteiger partial charge >= 0.3 is 0 Å². The lowest BCUT2D eigenvalue weighted by atomic mass is 10.1. The second-order valence-corrected chi connectivity index (χ2v) is 5.69. The standard InChI is InChI=1S/C18H16ClN5O2/c1-26-12-8-6-11(7-9-12)22-18-21-10-14(19)17(24-18)23-15-5-3-2-4-13(15)16(20)25/h2-10H,1H3,(H2,20,25)(H2,21,22,23,24). The van der Waals surface area contributed by atoms with Crippen molar-refractivity contribution in [3.05, 3.63) is 65.3 Å². The highest BCUT2D eigenvalue weighted by molar-refractivity contribution is 6.33. The number of amides is 1. The van der Waals surface area contributed by atoms with E-state index in [1.54, 1.807) is 31.4 Å². The number of rotatable bonds is 6. The van der Waals surface area contributed by atoms with Gasteiger partial charge in [-0.25, -0.2) is 4.98 Å². The van der Waals surface area contributed by atoms with Crippen LogP contribution in [0.3, 0.4) is 0 Å². The van der Waals surface area contributed by atoms with Gasteiger partial charge in [-0.05, 0) is 36.4 Å². The lowest BCUT2D eigenvalue weighted by Crippen LogP contribution is -2.13. The van der Waals surface area contributed by atoms with Crippen LogP contribution in [0.5, 0.6) is 5.75 Å². The molecule has 0 aliphatic heterocycles. The van der Waals surface area contributed by atoms with Crippen LogP contribution in [0.15, 0.2) is 54.7 Å². The van der Waals surface area contributed by atoms with Crippen LogP contribution < -0.4 is 21.1 Å². The van der Waals surface area contributed by atoms with Crippen molar-refractivity contribution in [3.63, 3.8) is 0 Å². The number of ether oxygens (including phenoxy) is 1. The minimum Gasteiger partial charge on any atom is -0.497 e. The molecule has 0 aliphatic carbocycles. The number of benzene rings is 2. The number of carbonyl (C=O) groups is 1. The third-order valence-corrected chi connectivity index (χ3v) is 3.81. The van der Waals surface area contributed by atoms with E-state index in [2.05, 4.69) is 20.6 Å². The molecule has 3 rings (SSSR count). The van der Waals surface area contributed by atoms with Crippen LogP contribution in [0, 0.1) is 0 Å². The Hall–Kier alpha value is -3.32. The number of halogens is 1. The zero-order chi connectivity index (χ0) is 18.5. The Kier molecular flexibility index (Phi) is 5.19. The number of hydrogen-bond acceptors (Lipinski definition) is 6. The summed E-state index contributed by atoms with van der Waals surface area (Å²) in [7, 11) is 1.60. The molecule has 0 saturated carbocycles. The van der Waals surface area contributed by atoms with Gasteiger partial charge in [-0.15, -0.1) is 0 Å². The Bertz CT molecular complexity index is 931. The number of hydrogen-bond donors (Lipinski definition) is 3. The zero-order valence-corrected chi connectivity index (χ0v) is 14.6. The maximum absolute atomic E-state index is 11.6. The van der Waals surface area contributed by atoms with Crippen molar-refractivity contribution in [1.82, 2.24) is 9.97 Å². The van der Waals surface area contributed by atoms with Gasteiger partial charge in [-0.3, -0.25) is 4.79 Å². The van der Waals surface area contributed by atoms with E-state index in [9.17, 15) is 4.79 Å². The van der Waals surface area contributed by atoms with Gasteiger partial charge in [0.15, 0.2) is 5.82 Å². The summed E-state index contributed by atoms with van der Waals surface area (Å²) in [6, 6.07) is 14.2. The van der Waals surface area contributed by atoms with Crippen molar-refractivity contribution in [3.8, 4) is 5.75 Å². The first-order valence-electron chi connectivity index (χ1n) is 7.66. The van der Waals surface area contributed by atoms with Crippen LogP contribution in [-0.4, -0.2) is 23.0 Å². The highest BCUT2D eigenvalue weighted by Crippen LogP contribution is 2.27. The largest absolute Gasteiger partial charge is 0.497 e. The molecule has 7 nitrogen and oxygen atoms in total. The van der Waals surface area contributed by atoms with Gasteiger partial charge in [0.1, 0.15) is 10.8 Å². The van der Waals surface area contributed by atoms with E-state index in [1.807, 2.05) is 24.3 Å². The number of nitrogens with two attached hydrogens (primary N) is 1. The normalized spacial score (nSPS) is 10.2. The van der Waals surface area contributed by atoms with Crippen LogP contribution in [0.1, 0.15) is 10.4 Å². The fraction of sp³-hybridized carbons (Fsp3) is 0.0556. The zero-order valence-electron chi connectivity index (χ0n) is 13.9. The molecular weight excluding hydrogens is 354 g/mol. The molecule has 0 unspecified atom stereocenters. The van der Waals surface area contributed by atoms with Gasteiger partial charge in [0.2, 0.25) is 5.95 Å². The number of anilines is 4. The Labute approximate surface area is 155 Å². The molecule has 26 heavy (non-hydrogen) atoms.